The number of hydrogen-bond donors (Lipinski definition) is 4. The van der Waals surface area contributed by atoms with E-state index in [1.54, 1.807) is 4.57 Å². The van der Waals surface area contributed by atoms with Crippen LogP contribution in [0.4, 0.5) is 5.82 Å². The predicted molar refractivity (Wildman–Crippen MR) is 126 cm³/mol. The Morgan fingerprint density at radius 3 is 2.53 bits per heavy atom. The molecule has 1 aliphatic heterocycles. The van der Waals surface area contributed by atoms with Crippen LogP contribution in [-0.2, 0) is 4.74 Å². The standard InChI is InChI=1S/C25H27N5O4/c1-15-6-5-9-17(10-15)18(16-7-3-2-4-8-16)11-26-23-20-24(28-13-27-23)30(14-29-20)25-22(33)21(32)19(12-31)34-25/h2-10,13-14,18-19,21-22,25,31-33H,11-12H2,1H3,(H,26,27,28)/t18?,19-,21-,22-,25-/m1/s1. The number of anilines is 1. The minimum atomic E-state index is -1.22. The fourth-order valence-corrected chi connectivity index (χ4v) is 4.48. The first-order chi connectivity index (χ1) is 16.6. The van der Waals surface area contributed by atoms with Gasteiger partial charge in [-0.3, -0.25) is 4.57 Å². The van der Waals surface area contributed by atoms with E-state index in [4.69, 9.17) is 4.74 Å². The molecule has 2 aromatic heterocycles. The molecule has 5 atom stereocenters. The van der Waals surface area contributed by atoms with Gasteiger partial charge < -0.3 is 25.4 Å². The van der Waals surface area contributed by atoms with Gasteiger partial charge in [-0.15, -0.1) is 0 Å². The van der Waals surface area contributed by atoms with E-state index < -0.39 is 31.1 Å². The molecule has 1 saturated heterocycles. The SMILES string of the molecule is Cc1cccc(C(CNc2ncnc3c2ncn3[C@@H]2O[C@H](CO)[C@@H](O)[C@H]2O)c2ccccc2)c1. The van der Waals surface area contributed by atoms with Crippen LogP contribution >= 0.6 is 0 Å². The lowest BCUT2D eigenvalue weighted by atomic mass is 9.90. The number of aliphatic hydroxyl groups excluding tert-OH is 3. The first kappa shape index (κ1) is 22.4. The molecule has 176 valence electrons. The molecular weight excluding hydrogens is 434 g/mol. The summed E-state index contributed by atoms with van der Waals surface area (Å²) in [6.45, 7) is 2.26. The topological polar surface area (TPSA) is 126 Å². The fraction of sp³-hybridized carbons (Fsp3) is 0.320. The van der Waals surface area contributed by atoms with Gasteiger partial charge in [0.05, 0.1) is 12.9 Å². The van der Waals surface area contributed by atoms with Gasteiger partial charge in [0.2, 0.25) is 0 Å². The van der Waals surface area contributed by atoms with Crippen molar-refractivity contribution in [2.75, 3.05) is 18.5 Å². The maximum Gasteiger partial charge on any atom is 0.167 e. The molecule has 1 aliphatic rings. The second-order valence-corrected chi connectivity index (χ2v) is 8.53. The summed E-state index contributed by atoms with van der Waals surface area (Å²) in [5.74, 6) is 0.651. The molecule has 9 nitrogen and oxygen atoms in total. The highest BCUT2D eigenvalue weighted by Crippen LogP contribution is 2.32. The number of fused-ring (bicyclic) bond motifs is 1. The smallest absolute Gasteiger partial charge is 0.167 e. The van der Waals surface area contributed by atoms with Crippen molar-refractivity contribution in [1.82, 2.24) is 19.5 Å². The molecule has 1 fully saturated rings. The van der Waals surface area contributed by atoms with Gasteiger partial charge in [-0.2, -0.15) is 0 Å². The van der Waals surface area contributed by atoms with Gasteiger partial charge in [0.25, 0.3) is 0 Å². The van der Waals surface area contributed by atoms with Crippen LogP contribution in [0.2, 0.25) is 0 Å². The maximum atomic E-state index is 10.4. The highest BCUT2D eigenvalue weighted by Gasteiger charge is 2.44. The van der Waals surface area contributed by atoms with E-state index in [2.05, 4.69) is 63.6 Å². The number of aryl methyl sites for hydroxylation is 1. The molecule has 0 spiro atoms. The van der Waals surface area contributed by atoms with Gasteiger partial charge in [-0.05, 0) is 18.1 Å². The van der Waals surface area contributed by atoms with Crippen molar-refractivity contribution in [2.24, 2.45) is 0 Å². The number of ether oxygens (including phenoxy) is 1. The highest BCUT2D eigenvalue weighted by molar-refractivity contribution is 5.82. The summed E-state index contributed by atoms with van der Waals surface area (Å²) >= 11 is 0. The molecule has 3 heterocycles. The van der Waals surface area contributed by atoms with E-state index in [0.29, 0.717) is 23.5 Å². The highest BCUT2D eigenvalue weighted by atomic mass is 16.6. The fourth-order valence-electron chi connectivity index (χ4n) is 4.48. The zero-order chi connectivity index (χ0) is 23.7. The third-order valence-electron chi connectivity index (χ3n) is 6.27. The molecule has 0 aliphatic carbocycles. The predicted octanol–water partition coefficient (Wildman–Crippen LogP) is 1.99. The lowest BCUT2D eigenvalue weighted by Gasteiger charge is -2.20. The third kappa shape index (κ3) is 4.14. The van der Waals surface area contributed by atoms with Crippen molar-refractivity contribution in [3.63, 3.8) is 0 Å². The normalized spacial score (nSPS) is 23.3. The van der Waals surface area contributed by atoms with Crippen LogP contribution < -0.4 is 5.32 Å². The second-order valence-electron chi connectivity index (χ2n) is 8.53. The van der Waals surface area contributed by atoms with Crippen molar-refractivity contribution in [2.45, 2.75) is 37.4 Å². The van der Waals surface area contributed by atoms with E-state index in [1.165, 1.54) is 29.3 Å². The van der Waals surface area contributed by atoms with E-state index in [9.17, 15) is 15.3 Å². The van der Waals surface area contributed by atoms with Crippen LogP contribution in [0.3, 0.4) is 0 Å². The summed E-state index contributed by atoms with van der Waals surface area (Å²) in [6.07, 6.45) is -1.28. The van der Waals surface area contributed by atoms with Crippen LogP contribution in [0.15, 0.2) is 67.3 Å². The number of imidazole rings is 1. The van der Waals surface area contributed by atoms with Gasteiger partial charge in [0.15, 0.2) is 23.2 Å². The van der Waals surface area contributed by atoms with Crippen LogP contribution in [0, 0.1) is 6.92 Å². The minimum Gasteiger partial charge on any atom is -0.394 e. The summed E-state index contributed by atoms with van der Waals surface area (Å²) in [5, 5.41) is 33.4. The van der Waals surface area contributed by atoms with Crippen LogP contribution in [-0.4, -0.2) is 66.3 Å². The first-order valence-electron chi connectivity index (χ1n) is 11.2. The van der Waals surface area contributed by atoms with Crippen molar-refractivity contribution in [1.29, 1.82) is 0 Å². The Morgan fingerprint density at radius 2 is 1.79 bits per heavy atom. The Morgan fingerprint density at radius 1 is 1.00 bits per heavy atom. The summed E-state index contributed by atoms with van der Waals surface area (Å²) < 4.78 is 7.20. The van der Waals surface area contributed by atoms with E-state index in [0.717, 1.165) is 0 Å². The molecule has 34 heavy (non-hydrogen) atoms. The molecule has 4 N–H and O–H groups in total. The van der Waals surface area contributed by atoms with Gasteiger partial charge in [0.1, 0.15) is 24.6 Å². The molecule has 4 aromatic rings. The summed E-state index contributed by atoms with van der Waals surface area (Å²) in [6, 6.07) is 18.7. The largest absolute Gasteiger partial charge is 0.394 e. The number of nitrogens with one attached hydrogen (secondary N) is 1. The maximum absolute atomic E-state index is 10.4. The van der Waals surface area contributed by atoms with Gasteiger partial charge in [-0.1, -0.05) is 60.2 Å². The molecule has 2 aromatic carbocycles. The average Bonchev–Trinajstić information content (AvgIpc) is 3.41. The lowest BCUT2D eigenvalue weighted by molar-refractivity contribution is -0.0511. The first-order valence-corrected chi connectivity index (χ1v) is 11.2. The molecule has 1 unspecified atom stereocenters. The molecule has 0 bridgehead atoms. The Balaban J connectivity index is 1.44. The minimum absolute atomic E-state index is 0.0913. The molecule has 0 saturated carbocycles. The Hall–Kier alpha value is -3.37. The Kier molecular flexibility index (Phi) is 6.25. The van der Waals surface area contributed by atoms with E-state index in [1.807, 2.05) is 18.2 Å². The van der Waals surface area contributed by atoms with Crippen molar-refractivity contribution in [3.8, 4) is 0 Å². The Bertz CT molecular complexity index is 1260. The molecule has 9 heteroatoms. The zero-order valence-corrected chi connectivity index (χ0v) is 18.7. The number of aliphatic hydroxyl groups is 3. The van der Waals surface area contributed by atoms with Crippen molar-refractivity contribution in [3.05, 3.63) is 83.9 Å². The van der Waals surface area contributed by atoms with Crippen LogP contribution in [0.5, 0.6) is 0 Å². The molecule has 5 rings (SSSR count). The van der Waals surface area contributed by atoms with E-state index >= 15 is 0 Å². The number of benzene rings is 2. The quantitative estimate of drug-likeness (QED) is 0.329. The zero-order valence-electron chi connectivity index (χ0n) is 18.7. The summed E-state index contributed by atoms with van der Waals surface area (Å²) in [7, 11) is 0. The number of rotatable bonds is 7. The second kappa shape index (κ2) is 9.47. The molecular formula is C25H27N5O4. The molecule has 0 radical (unpaired) electrons. The Labute approximate surface area is 196 Å². The van der Waals surface area contributed by atoms with Crippen molar-refractivity contribution < 1.29 is 20.1 Å². The number of hydrogen-bond acceptors (Lipinski definition) is 8. The summed E-state index contributed by atoms with van der Waals surface area (Å²) in [5.41, 5.74) is 4.56. The van der Waals surface area contributed by atoms with Crippen LogP contribution in [0.25, 0.3) is 11.2 Å². The van der Waals surface area contributed by atoms with Crippen molar-refractivity contribution >= 4 is 17.0 Å². The monoisotopic (exact) mass is 461 g/mol. The van der Waals surface area contributed by atoms with E-state index in [-0.39, 0.29) is 5.92 Å². The lowest BCUT2D eigenvalue weighted by Crippen LogP contribution is -2.33. The molecule has 0 amide bonds. The van der Waals surface area contributed by atoms with Gasteiger partial charge in [-0.25, -0.2) is 15.0 Å². The average molecular weight is 462 g/mol. The van der Waals surface area contributed by atoms with Gasteiger partial charge in [0, 0.05) is 12.5 Å². The number of aromatic nitrogens is 4. The van der Waals surface area contributed by atoms with Gasteiger partial charge >= 0.3 is 0 Å². The summed E-state index contributed by atoms with van der Waals surface area (Å²) in [4.78, 5) is 13.2. The van der Waals surface area contributed by atoms with Crippen LogP contribution in [0.1, 0.15) is 28.8 Å². The third-order valence-corrected chi connectivity index (χ3v) is 6.27. The number of nitrogens with zero attached hydrogens (tertiary/aromatic N) is 4.